The fourth-order valence-corrected chi connectivity index (χ4v) is 2.90. The van der Waals surface area contributed by atoms with Gasteiger partial charge in [0, 0.05) is 12.6 Å². The van der Waals surface area contributed by atoms with Gasteiger partial charge in [-0.3, -0.25) is 4.90 Å². The summed E-state index contributed by atoms with van der Waals surface area (Å²) in [5.74, 6) is 0.884. The first-order chi connectivity index (χ1) is 9.06. The molecule has 1 aromatic carbocycles. The zero-order valence-electron chi connectivity index (χ0n) is 11.9. The lowest BCUT2D eigenvalue weighted by Crippen LogP contribution is -2.34. The highest BCUT2D eigenvalue weighted by atomic mass is 16.4. The molecule has 0 heterocycles. The second-order valence-electron chi connectivity index (χ2n) is 5.94. The van der Waals surface area contributed by atoms with Gasteiger partial charge in [-0.05, 0) is 49.7 Å². The van der Waals surface area contributed by atoms with Crippen LogP contribution in [0.3, 0.4) is 0 Å². The second-order valence-corrected chi connectivity index (χ2v) is 5.94. The normalized spacial score (nSPS) is 23.6. The van der Waals surface area contributed by atoms with Crippen LogP contribution in [0.1, 0.15) is 38.2 Å². The van der Waals surface area contributed by atoms with Gasteiger partial charge in [-0.15, -0.1) is 0 Å². The summed E-state index contributed by atoms with van der Waals surface area (Å²) >= 11 is 0. The molecule has 0 atom stereocenters. The number of benzene rings is 1. The molecule has 104 valence electrons. The molecule has 1 aliphatic carbocycles. The average Bonchev–Trinajstić information content (AvgIpc) is 2.40. The number of rotatable bonds is 4. The minimum Gasteiger partial charge on any atom is -0.423 e. The maximum atomic E-state index is 9.07. The molecular formula is C15H24BNO2. The van der Waals surface area contributed by atoms with Crippen molar-refractivity contribution in [3.63, 3.8) is 0 Å². The molecule has 0 radical (unpaired) electrons. The summed E-state index contributed by atoms with van der Waals surface area (Å²) in [4.78, 5) is 2.43. The smallest absolute Gasteiger partial charge is 0.423 e. The molecule has 1 saturated carbocycles. The summed E-state index contributed by atoms with van der Waals surface area (Å²) in [6.07, 6.45) is 5.27. The van der Waals surface area contributed by atoms with Crippen molar-refractivity contribution in [3.8, 4) is 0 Å². The molecule has 2 rings (SSSR count). The first-order valence-electron chi connectivity index (χ1n) is 7.21. The van der Waals surface area contributed by atoms with Crippen LogP contribution >= 0.6 is 0 Å². The third-order valence-electron chi connectivity index (χ3n) is 4.32. The topological polar surface area (TPSA) is 43.7 Å². The summed E-state index contributed by atoms with van der Waals surface area (Å²) in [7, 11) is 0.821. The van der Waals surface area contributed by atoms with Crippen molar-refractivity contribution in [1.82, 2.24) is 4.90 Å². The molecule has 4 heteroatoms. The van der Waals surface area contributed by atoms with Crippen LogP contribution in [0, 0.1) is 5.92 Å². The second kappa shape index (κ2) is 6.55. The van der Waals surface area contributed by atoms with Crippen molar-refractivity contribution in [2.45, 2.75) is 45.2 Å². The van der Waals surface area contributed by atoms with Crippen molar-refractivity contribution in [1.29, 1.82) is 0 Å². The Bertz CT molecular complexity index is 386. The van der Waals surface area contributed by atoms with Crippen molar-refractivity contribution in [2.75, 3.05) is 7.05 Å². The molecule has 1 aromatic rings. The van der Waals surface area contributed by atoms with E-state index in [0.717, 1.165) is 12.5 Å². The van der Waals surface area contributed by atoms with Crippen LogP contribution in [0.4, 0.5) is 0 Å². The molecule has 0 bridgehead atoms. The van der Waals surface area contributed by atoms with E-state index in [9.17, 15) is 0 Å². The Hall–Kier alpha value is -0.835. The predicted molar refractivity (Wildman–Crippen MR) is 79.2 cm³/mol. The van der Waals surface area contributed by atoms with E-state index in [2.05, 4.69) is 18.9 Å². The van der Waals surface area contributed by atoms with Gasteiger partial charge >= 0.3 is 7.12 Å². The Balaban J connectivity index is 1.89. The monoisotopic (exact) mass is 261 g/mol. The molecule has 0 unspecified atom stereocenters. The van der Waals surface area contributed by atoms with Crippen LogP contribution in [0.2, 0.25) is 0 Å². The third kappa shape index (κ3) is 4.06. The molecule has 0 spiro atoms. The zero-order chi connectivity index (χ0) is 13.8. The maximum Gasteiger partial charge on any atom is 0.488 e. The molecule has 0 amide bonds. The fraction of sp³-hybridized carbons (Fsp3) is 0.600. The van der Waals surface area contributed by atoms with Crippen molar-refractivity contribution in [2.24, 2.45) is 5.92 Å². The Kier molecular flexibility index (Phi) is 5.02. The zero-order valence-corrected chi connectivity index (χ0v) is 11.9. The van der Waals surface area contributed by atoms with Crippen LogP contribution in [-0.4, -0.2) is 35.2 Å². The van der Waals surface area contributed by atoms with Gasteiger partial charge in [0.25, 0.3) is 0 Å². The molecule has 0 saturated heterocycles. The summed E-state index contributed by atoms with van der Waals surface area (Å²) < 4.78 is 0. The molecule has 2 N–H and O–H groups in total. The highest BCUT2D eigenvalue weighted by molar-refractivity contribution is 6.58. The Morgan fingerprint density at radius 3 is 2.21 bits per heavy atom. The first-order valence-corrected chi connectivity index (χ1v) is 7.21. The molecule has 1 aliphatic rings. The quantitative estimate of drug-likeness (QED) is 0.805. The van der Waals surface area contributed by atoms with E-state index in [1.165, 1.54) is 31.2 Å². The largest absolute Gasteiger partial charge is 0.488 e. The molecule has 3 nitrogen and oxygen atoms in total. The van der Waals surface area contributed by atoms with E-state index >= 15 is 0 Å². The number of hydrogen-bond acceptors (Lipinski definition) is 3. The highest BCUT2D eigenvalue weighted by Gasteiger charge is 2.21. The lowest BCUT2D eigenvalue weighted by molar-refractivity contribution is 0.164. The van der Waals surface area contributed by atoms with Gasteiger partial charge in [0.2, 0.25) is 0 Å². The van der Waals surface area contributed by atoms with Crippen molar-refractivity contribution >= 4 is 12.6 Å². The summed E-state index contributed by atoms with van der Waals surface area (Å²) in [5.41, 5.74) is 1.78. The van der Waals surface area contributed by atoms with Crippen molar-refractivity contribution < 1.29 is 10.0 Å². The Morgan fingerprint density at radius 1 is 1.11 bits per heavy atom. The van der Waals surface area contributed by atoms with Crippen molar-refractivity contribution in [3.05, 3.63) is 29.8 Å². The van der Waals surface area contributed by atoms with E-state index in [0.29, 0.717) is 11.5 Å². The van der Waals surface area contributed by atoms with Gasteiger partial charge < -0.3 is 10.0 Å². The van der Waals surface area contributed by atoms with Crippen LogP contribution in [0.5, 0.6) is 0 Å². The van der Waals surface area contributed by atoms with Crippen LogP contribution in [0.25, 0.3) is 0 Å². The predicted octanol–water partition coefficient (Wildman–Crippen LogP) is 1.38. The number of nitrogens with zero attached hydrogens (tertiary/aromatic N) is 1. The molecule has 0 aliphatic heterocycles. The molecule has 19 heavy (non-hydrogen) atoms. The molecule has 1 fully saturated rings. The van der Waals surface area contributed by atoms with Gasteiger partial charge in [-0.25, -0.2) is 0 Å². The van der Waals surface area contributed by atoms with Crippen LogP contribution in [0.15, 0.2) is 24.3 Å². The average molecular weight is 261 g/mol. The van der Waals surface area contributed by atoms with Gasteiger partial charge in [0.05, 0.1) is 0 Å². The summed E-state index contributed by atoms with van der Waals surface area (Å²) in [6.45, 7) is 3.27. The Labute approximate surface area is 116 Å². The third-order valence-corrected chi connectivity index (χ3v) is 4.32. The fourth-order valence-electron chi connectivity index (χ4n) is 2.90. The molecular weight excluding hydrogens is 237 g/mol. The minimum atomic E-state index is -1.37. The van der Waals surface area contributed by atoms with Crippen LogP contribution < -0.4 is 5.46 Å². The lowest BCUT2D eigenvalue weighted by atomic mass is 9.80. The van der Waals surface area contributed by atoms with Gasteiger partial charge in [0.1, 0.15) is 0 Å². The van der Waals surface area contributed by atoms with Crippen LogP contribution in [-0.2, 0) is 6.54 Å². The minimum absolute atomic E-state index is 0.554. The van der Waals surface area contributed by atoms with Gasteiger partial charge in [-0.2, -0.15) is 0 Å². The van der Waals surface area contributed by atoms with E-state index in [4.69, 9.17) is 10.0 Å². The Morgan fingerprint density at radius 2 is 1.68 bits per heavy atom. The summed E-state index contributed by atoms with van der Waals surface area (Å²) in [6, 6.07) is 8.24. The van der Waals surface area contributed by atoms with E-state index < -0.39 is 7.12 Å². The van der Waals surface area contributed by atoms with E-state index in [-0.39, 0.29) is 0 Å². The number of hydrogen-bond donors (Lipinski definition) is 2. The van der Waals surface area contributed by atoms with Gasteiger partial charge in [-0.1, -0.05) is 31.2 Å². The standard InChI is InChI=1S/C15H24BNO2/c1-12-3-9-15(10-4-12)17(2)11-13-5-7-14(8-6-13)16(18)19/h5-8,12,15,18-19H,3-4,9-11H2,1-2H3. The lowest BCUT2D eigenvalue weighted by Gasteiger charge is -2.33. The first kappa shape index (κ1) is 14.6. The van der Waals surface area contributed by atoms with E-state index in [1.807, 2.05) is 12.1 Å². The molecule has 0 aromatic heterocycles. The SMILES string of the molecule is CC1CCC(N(C)Cc2ccc(B(O)O)cc2)CC1. The maximum absolute atomic E-state index is 9.07. The van der Waals surface area contributed by atoms with Gasteiger partial charge in [0.15, 0.2) is 0 Å². The highest BCUT2D eigenvalue weighted by Crippen LogP contribution is 2.27. The van der Waals surface area contributed by atoms with E-state index in [1.54, 1.807) is 12.1 Å². The summed E-state index contributed by atoms with van der Waals surface area (Å²) in [5, 5.41) is 18.1.